The lowest BCUT2D eigenvalue weighted by Gasteiger charge is -2.37. The van der Waals surface area contributed by atoms with E-state index in [0.717, 1.165) is 29.1 Å². The summed E-state index contributed by atoms with van der Waals surface area (Å²) in [4.78, 5) is 2.58. The van der Waals surface area contributed by atoms with E-state index >= 15 is 0 Å². The number of fused-ring (bicyclic) bond motifs is 1. The fourth-order valence-corrected chi connectivity index (χ4v) is 3.87. The highest BCUT2D eigenvalue weighted by molar-refractivity contribution is 6.34. The van der Waals surface area contributed by atoms with Crippen molar-refractivity contribution in [3.05, 3.63) is 33.8 Å². The molecule has 1 N–H and O–H groups in total. The van der Waals surface area contributed by atoms with E-state index in [1.54, 1.807) is 6.07 Å². The van der Waals surface area contributed by atoms with Crippen LogP contribution in [-0.2, 0) is 6.54 Å². The molecule has 0 bridgehead atoms. The maximum Gasteiger partial charge on any atom is 0.0424 e. The van der Waals surface area contributed by atoms with Crippen molar-refractivity contribution < 1.29 is 0 Å². The van der Waals surface area contributed by atoms with Crippen LogP contribution in [-0.4, -0.2) is 30.6 Å². The molecule has 4 heteroatoms. The van der Waals surface area contributed by atoms with Crippen molar-refractivity contribution in [2.24, 2.45) is 5.92 Å². The van der Waals surface area contributed by atoms with Crippen molar-refractivity contribution in [2.75, 3.05) is 19.6 Å². The van der Waals surface area contributed by atoms with E-state index in [1.165, 1.54) is 31.5 Å². The monoisotopic (exact) mass is 284 g/mol. The molecule has 0 aliphatic carbocycles. The number of rotatable bonds is 2. The lowest BCUT2D eigenvalue weighted by Crippen LogP contribution is -2.44. The average Bonchev–Trinajstić information content (AvgIpc) is 2.76. The summed E-state index contributed by atoms with van der Waals surface area (Å²) in [6, 6.07) is 6.54. The zero-order valence-corrected chi connectivity index (χ0v) is 11.8. The Morgan fingerprint density at radius 2 is 1.94 bits per heavy atom. The van der Waals surface area contributed by atoms with Gasteiger partial charge in [-0.25, -0.2) is 0 Å². The second-order valence-electron chi connectivity index (χ2n) is 5.38. The van der Waals surface area contributed by atoms with Gasteiger partial charge < -0.3 is 5.32 Å². The molecule has 98 valence electrons. The first-order chi connectivity index (χ1) is 8.72. The first kappa shape index (κ1) is 12.7. The second-order valence-corrected chi connectivity index (χ2v) is 6.25. The highest BCUT2D eigenvalue weighted by atomic mass is 35.5. The number of piperidine rings is 1. The summed E-state index contributed by atoms with van der Waals surface area (Å²) in [5.41, 5.74) is 1.22. The van der Waals surface area contributed by atoms with Gasteiger partial charge in [0.25, 0.3) is 0 Å². The van der Waals surface area contributed by atoms with Gasteiger partial charge in [-0.3, -0.25) is 4.90 Å². The average molecular weight is 285 g/mol. The highest BCUT2D eigenvalue weighted by Gasteiger charge is 2.34. The maximum atomic E-state index is 6.06. The number of nitrogens with one attached hydrogen (secondary N) is 1. The minimum Gasteiger partial charge on any atom is -0.315 e. The van der Waals surface area contributed by atoms with E-state index in [9.17, 15) is 0 Å². The predicted molar refractivity (Wildman–Crippen MR) is 76.3 cm³/mol. The number of nitrogens with zero attached hydrogens (tertiary/aromatic N) is 1. The van der Waals surface area contributed by atoms with Gasteiger partial charge in [-0.05, 0) is 55.6 Å². The van der Waals surface area contributed by atoms with E-state index in [-0.39, 0.29) is 0 Å². The van der Waals surface area contributed by atoms with Gasteiger partial charge in [0.2, 0.25) is 0 Å². The third kappa shape index (κ3) is 2.67. The smallest absolute Gasteiger partial charge is 0.0424 e. The molecular formula is C14H18Cl2N2. The maximum absolute atomic E-state index is 6.06. The van der Waals surface area contributed by atoms with Crippen LogP contribution in [0.4, 0.5) is 0 Å². The first-order valence-electron chi connectivity index (χ1n) is 6.62. The third-order valence-corrected chi connectivity index (χ3v) is 4.54. The normalized spacial score (nSPS) is 28.3. The van der Waals surface area contributed by atoms with Gasteiger partial charge in [-0.15, -0.1) is 0 Å². The van der Waals surface area contributed by atoms with Crippen molar-refractivity contribution in [1.29, 1.82) is 0 Å². The standard InChI is InChI=1S/C14H18Cl2N2/c15-12-4-10(5-13(16)6-12)9-18-3-1-2-11-7-17-8-14(11)18/h4-6,11,14,17H,1-3,7-9H2. The van der Waals surface area contributed by atoms with Crippen molar-refractivity contribution in [2.45, 2.75) is 25.4 Å². The Balaban J connectivity index is 1.74. The van der Waals surface area contributed by atoms with Gasteiger partial charge in [-0.1, -0.05) is 23.2 Å². The molecule has 2 nitrogen and oxygen atoms in total. The predicted octanol–water partition coefficient (Wildman–Crippen LogP) is 3.18. The third-order valence-electron chi connectivity index (χ3n) is 4.10. The molecule has 2 aliphatic heterocycles. The van der Waals surface area contributed by atoms with Crippen LogP contribution in [0.25, 0.3) is 0 Å². The van der Waals surface area contributed by atoms with Crippen molar-refractivity contribution >= 4 is 23.2 Å². The van der Waals surface area contributed by atoms with Gasteiger partial charge in [0, 0.05) is 29.2 Å². The van der Waals surface area contributed by atoms with E-state index in [4.69, 9.17) is 23.2 Å². The van der Waals surface area contributed by atoms with Gasteiger partial charge in [0.05, 0.1) is 0 Å². The molecule has 0 aromatic heterocycles. The van der Waals surface area contributed by atoms with Crippen LogP contribution < -0.4 is 5.32 Å². The molecular weight excluding hydrogens is 267 g/mol. The van der Waals surface area contributed by atoms with Crippen LogP contribution in [0.5, 0.6) is 0 Å². The lowest BCUT2D eigenvalue weighted by atomic mass is 9.91. The number of halogens is 2. The molecule has 2 unspecified atom stereocenters. The molecule has 1 aromatic rings. The minimum absolute atomic E-state index is 0.691. The molecule has 2 fully saturated rings. The Labute approximate surface area is 118 Å². The van der Waals surface area contributed by atoms with Crippen molar-refractivity contribution in [1.82, 2.24) is 10.2 Å². The lowest BCUT2D eigenvalue weighted by molar-refractivity contribution is 0.117. The topological polar surface area (TPSA) is 15.3 Å². The number of hydrogen-bond donors (Lipinski definition) is 1. The van der Waals surface area contributed by atoms with Crippen molar-refractivity contribution in [3.63, 3.8) is 0 Å². The first-order valence-corrected chi connectivity index (χ1v) is 7.38. The number of hydrogen-bond acceptors (Lipinski definition) is 2. The second kappa shape index (κ2) is 5.38. The quantitative estimate of drug-likeness (QED) is 0.898. The van der Waals surface area contributed by atoms with Gasteiger partial charge >= 0.3 is 0 Å². The molecule has 18 heavy (non-hydrogen) atoms. The van der Waals surface area contributed by atoms with Crippen molar-refractivity contribution in [3.8, 4) is 0 Å². The van der Waals surface area contributed by atoms with Gasteiger partial charge in [-0.2, -0.15) is 0 Å². The summed E-state index contributed by atoms with van der Waals surface area (Å²) < 4.78 is 0. The Morgan fingerprint density at radius 3 is 2.72 bits per heavy atom. The summed E-state index contributed by atoms with van der Waals surface area (Å²) in [5.74, 6) is 0.827. The zero-order chi connectivity index (χ0) is 12.5. The summed E-state index contributed by atoms with van der Waals surface area (Å²) in [5, 5.41) is 4.97. The summed E-state index contributed by atoms with van der Waals surface area (Å²) in [6.45, 7) is 4.45. The molecule has 2 saturated heterocycles. The highest BCUT2D eigenvalue weighted by Crippen LogP contribution is 2.28. The molecule has 1 aromatic carbocycles. The van der Waals surface area contributed by atoms with Gasteiger partial charge in [0.15, 0.2) is 0 Å². The van der Waals surface area contributed by atoms with E-state index in [1.807, 2.05) is 12.1 Å². The fourth-order valence-electron chi connectivity index (χ4n) is 3.30. The fraction of sp³-hybridized carbons (Fsp3) is 0.571. The van der Waals surface area contributed by atoms with Crippen LogP contribution in [0.3, 0.4) is 0 Å². The Hall–Kier alpha value is -0.280. The molecule has 0 saturated carbocycles. The van der Waals surface area contributed by atoms with Crippen LogP contribution in [0.15, 0.2) is 18.2 Å². The molecule has 0 amide bonds. The minimum atomic E-state index is 0.691. The van der Waals surface area contributed by atoms with E-state index < -0.39 is 0 Å². The van der Waals surface area contributed by atoms with Crippen LogP contribution in [0, 0.1) is 5.92 Å². The van der Waals surface area contributed by atoms with Gasteiger partial charge in [0.1, 0.15) is 0 Å². The Bertz CT molecular complexity index is 416. The molecule has 0 radical (unpaired) electrons. The summed E-state index contributed by atoms with van der Waals surface area (Å²) in [6.07, 6.45) is 2.67. The molecule has 2 aliphatic rings. The van der Waals surface area contributed by atoms with E-state index in [0.29, 0.717) is 6.04 Å². The van der Waals surface area contributed by atoms with Crippen LogP contribution >= 0.6 is 23.2 Å². The molecule has 2 heterocycles. The van der Waals surface area contributed by atoms with Crippen LogP contribution in [0.1, 0.15) is 18.4 Å². The van der Waals surface area contributed by atoms with E-state index in [2.05, 4.69) is 10.2 Å². The molecule has 3 rings (SSSR count). The molecule has 0 spiro atoms. The number of likely N-dealkylation sites (tertiary alicyclic amines) is 1. The SMILES string of the molecule is Clc1cc(Cl)cc(CN2CCCC3CNCC32)c1. The number of benzene rings is 1. The Kier molecular flexibility index (Phi) is 3.81. The summed E-state index contributed by atoms with van der Waals surface area (Å²) in [7, 11) is 0. The van der Waals surface area contributed by atoms with Crippen LogP contribution in [0.2, 0.25) is 10.0 Å². The largest absolute Gasteiger partial charge is 0.315 e. The molecule has 2 atom stereocenters. The summed E-state index contributed by atoms with van der Waals surface area (Å²) >= 11 is 12.1. The Morgan fingerprint density at radius 1 is 1.17 bits per heavy atom. The zero-order valence-electron chi connectivity index (χ0n) is 10.3.